The molecule has 8 rings (SSSR count). The number of aromatic nitrogens is 4. The Morgan fingerprint density at radius 1 is 0.660 bits per heavy atom. The van der Waals surface area contributed by atoms with Crippen molar-refractivity contribution in [3.05, 3.63) is 72.6 Å². The zero-order chi connectivity index (χ0) is 34.2. The lowest BCUT2D eigenvalue weighted by atomic mass is 9.93. The highest BCUT2D eigenvalue weighted by Gasteiger charge is 2.40. The van der Waals surface area contributed by atoms with Crippen LogP contribution in [0.25, 0.3) is 33.6 Å². The van der Waals surface area contributed by atoms with Crippen molar-refractivity contribution >= 4 is 11.9 Å². The van der Waals surface area contributed by atoms with Crippen LogP contribution in [0, 0.1) is 5.92 Å². The molecule has 11 heteroatoms. The van der Waals surface area contributed by atoms with Gasteiger partial charge in [-0.2, -0.15) is 0 Å². The van der Waals surface area contributed by atoms with E-state index in [1.165, 1.54) is 0 Å². The van der Waals surface area contributed by atoms with E-state index in [-0.39, 0.29) is 41.9 Å². The fraction of sp³-hybridized carbons (Fsp3) is 0.487. The predicted molar refractivity (Wildman–Crippen MR) is 190 cm³/mol. The van der Waals surface area contributed by atoms with E-state index in [1.54, 1.807) is 0 Å². The predicted octanol–water partition coefficient (Wildman–Crippen LogP) is 6.24. The lowest BCUT2D eigenvalue weighted by Gasteiger charge is -2.37. The van der Waals surface area contributed by atoms with Gasteiger partial charge in [-0.25, -0.2) is 14.8 Å². The number of ether oxygens (including phenoxy) is 2. The summed E-state index contributed by atoms with van der Waals surface area (Å²) in [7, 11) is 0. The maximum Gasteiger partial charge on any atom is 0.321 e. The Morgan fingerprint density at radius 2 is 1.22 bits per heavy atom. The van der Waals surface area contributed by atoms with E-state index in [0.717, 1.165) is 83.9 Å². The third-order valence-corrected chi connectivity index (χ3v) is 11.2. The van der Waals surface area contributed by atoms with Gasteiger partial charge in [0.15, 0.2) is 0 Å². The van der Waals surface area contributed by atoms with Gasteiger partial charge in [-0.15, -0.1) is 0 Å². The van der Waals surface area contributed by atoms with Gasteiger partial charge in [-0.1, -0.05) is 55.0 Å². The van der Waals surface area contributed by atoms with Crippen LogP contribution in [0.5, 0.6) is 0 Å². The fourth-order valence-corrected chi connectivity index (χ4v) is 8.32. The van der Waals surface area contributed by atoms with Gasteiger partial charge in [0.05, 0.1) is 68.3 Å². The van der Waals surface area contributed by atoms with E-state index >= 15 is 0 Å². The smallest absolute Gasteiger partial charge is 0.321 e. The van der Waals surface area contributed by atoms with Gasteiger partial charge in [0.25, 0.3) is 0 Å². The number of aromatic amines is 2. The highest BCUT2D eigenvalue weighted by Crippen LogP contribution is 2.41. The average Bonchev–Trinajstić information content (AvgIpc) is 3.98. The number of nitrogens with one attached hydrogen (secondary N) is 2. The Balaban J connectivity index is 0.918. The minimum Gasteiger partial charge on any atom is -0.377 e. The molecule has 0 spiro atoms. The van der Waals surface area contributed by atoms with Gasteiger partial charge in [-0.3, -0.25) is 4.79 Å². The summed E-state index contributed by atoms with van der Waals surface area (Å²) in [6.45, 7) is 8.56. The van der Waals surface area contributed by atoms with Gasteiger partial charge < -0.3 is 34.1 Å². The van der Waals surface area contributed by atoms with Crippen LogP contribution < -0.4 is 0 Å². The first-order valence-corrected chi connectivity index (χ1v) is 18.3. The largest absolute Gasteiger partial charge is 0.377 e. The number of benzene rings is 2. The normalized spacial score (nSPS) is 25.7. The standard InChI is InChI=1S/C39H47N7O4/c1-25-23-49-19-17-44(25)38(47)32-6-3-5-31(32)36-40-21-33(42-36)29-12-8-27(9-13-29)28-10-14-30(15-11-28)34-22-41-37(43-34)35-7-4-16-46(35)39(48)45-18-20-50-24-26(45)2/h8-15,21-22,25-26,31-32,35H,3-7,16-20,23-24H2,1-2H3,(H,40,42)(H,41,43)/t25-,26-,31-,32-,35+/m1/s1. The molecule has 0 unspecified atom stereocenters. The molecule has 2 aromatic carbocycles. The lowest BCUT2D eigenvalue weighted by Crippen LogP contribution is -2.52. The topological polar surface area (TPSA) is 120 Å². The maximum atomic E-state index is 13.5. The third-order valence-electron chi connectivity index (χ3n) is 11.2. The van der Waals surface area contributed by atoms with Gasteiger partial charge in [0.2, 0.25) is 5.91 Å². The van der Waals surface area contributed by atoms with E-state index in [0.29, 0.717) is 39.5 Å². The summed E-state index contributed by atoms with van der Waals surface area (Å²) in [6.07, 6.45) is 8.58. The summed E-state index contributed by atoms with van der Waals surface area (Å²) in [4.78, 5) is 49.4. The summed E-state index contributed by atoms with van der Waals surface area (Å²) in [5.74, 6) is 2.09. The van der Waals surface area contributed by atoms with E-state index < -0.39 is 0 Å². The number of carbonyl (C=O) groups excluding carboxylic acids is 2. The summed E-state index contributed by atoms with van der Waals surface area (Å²) < 4.78 is 11.1. The lowest BCUT2D eigenvalue weighted by molar-refractivity contribution is -0.143. The number of nitrogens with zero attached hydrogens (tertiary/aromatic N) is 5. The maximum absolute atomic E-state index is 13.5. The molecule has 2 N–H and O–H groups in total. The molecule has 3 aliphatic heterocycles. The number of morpholine rings is 2. The molecule has 4 aliphatic rings. The van der Waals surface area contributed by atoms with E-state index in [2.05, 4.69) is 65.4 Å². The summed E-state index contributed by atoms with van der Waals surface area (Å²) >= 11 is 0. The Labute approximate surface area is 293 Å². The highest BCUT2D eigenvalue weighted by molar-refractivity contribution is 5.81. The van der Waals surface area contributed by atoms with Gasteiger partial charge >= 0.3 is 6.03 Å². The number of rotatable bonds is 6. The number of likely N-dealkylation sites (tertiary alicyclic amines) is 1. The highest BCUT2D eigenvalue weighted by atomic mass is 16.5. The molecule has 1 saturated carbocycles. The second kappa shape index (κ2) is 14.0. The molecule has 4 aromatic rings. The van der Waals surface area contributed by atoms with Gasteiger partial charge in [-0.05, 0) is 61.8 Å². The molecule has 1 aliphatic carbocycles. The average molecular weight is 678 g/mol. The van der Waals surface area contributed by atoms with Gasteiger partial charge in [0.1, 0.15) is 11.6 Å². The van der Waals surface area contributed by atoms with Crippen molar-refractivity contribution in [1.82, 2.24) is 34.6 Å². The Kier molecular flexibility index (Phi) is 9.18. The number of amides is 3. The molecule has 262 valence electrons. The van der Waals surface area contributed by atoms with Crippen LogP contribution in [-0.2, 0) is 14.3 Å². The zero-order valence-corrected chi connectivity index (χ0v) is 29.0. The number of hydrogen-bond donors (Lipinski definition) is 2. The van der Waals surface area contributed by atoms with E-state index in [9.17, 15) is 9.59 Å². The number of hydrogen-bond acceptors (Lipinski definition) is 6. The van der Waals surface area contributed by atoms with Crippen molar-refractivity contribution in [2.24, 2.45) is 5.92 Å². The monoisotopic (exact) mass is 677 g/mol. The van der Waals surface area contributed by atoms with Crippen molar-refractivity contribution in [1.29, 1.82) is 0 Å². The van der Waals surface area contributed by atoms with Crippen molar-refractivity contribution in [3.8, 4) is 33.6 Å². The second-order valence-electron chi connectivity index (χ2n) is 14.4. The van der Waals surface area contributed by atoms with Crippen LogP contribution in [-0.4, -0.2) is 105 Å². The molecule has 0 bridgehead atoms. The summed E-state index contributed by atoms with van der Waals surface area (Å²) in [6, 6.07) is 17.3. The summed E-state index contributed by atoms with van der Waals surface area (Å²) in [5, 5.41) is 0. The molecule has 2 aromatic heterocycles. The van der Waals surface area contributed by atoms with Crippen LogP contribution in [0.1, 0.15) is 69.6 Å². The van der Waals surface area contributed by atoms with Crippen molar-refractivity contribution in [2.75, 3.05) is 46.1 Å². The first kappa shape index (κ1) is 32.7. The first-order valence-electron chi connectivity index (χ1n) is 18.3. The SMILES string of the molecule is C[C@@H]1COCCN1C(=O)[C@@H]1CCC[C@H]1c1ncc(-c2ccc(-c3ccc(-c4cnc([C@@H]5CCCN5C(=O)N5CCOC[C@H]5C)[nH]4)cc3)cc2)[nH]1. The Bertz CT molecular complexity index is 1670. The number of carbonyl (C=O) groups is 2. The quantitative estimate of drug-likeness (QED) is 0.249. The van der Waals surface area contributed by atoms with E-state index in [1.807, 2.05) is 34.0 Å². The second-order valence-corrected chi connectivity index (χ2v) is 14.4. The minimum absolute atomic E-state index is 0.0286. The van der Waals surface area contributed by atoms with Crippen LogP contribution in [0.15, 0.2) is 60.9 Å². The molecule has 5 heterocycles. The molecule has 11 nitrogen and oxygen atoms in total. The van der Waals surface area contributed by atoms with Crippen molar-refractivity contribution in [2.45, 2.75) is 70.0 Å². The Morgan fingerprint density at radius 3 is 1.84 bits per heavy atom. The number of imidazole rings is 2. The fourth-order valence-electron chi connectivity index (χ4n) is 8.32. The molecule has 4 fully saturated rings. The van der Waals surface area contributed by atoms with Gasteiger partial charge in [0, 0.05) is 31.5 Å². The molecule has 0 radical (unpaired) electrons. The third kappa shape index (κ3) is 6.33. The number of H-pyrrole nitrogens is 2. The van der Waals surface area contributed by atoms with Crippen molar-refractivity contribution < 1.29 is 19.1 Å². The van der Waals surface area contributed by atoms with Crippen LogP contribution in [0.2, 0.25) is 0 Å². The number of urea groups is 1. The molecule has 50 heavy (non-hydrogen) atoms. The molecule has 3 amide bonds. The zero-order valence-electron chi connectivity index (χ0n) is 29.0. The van der Waals surface area contributed by atoms with Crippen LogP contribution >= 0.6 is 0 Å². The molecule has 3 saturated heterocycles. The van der Waals surface area contributed by atoms with Crippen molar-refractivity contribution in [3.63, 3.8) is 0 Å². The Hall–Kier alpha value is -4.48. The van der Waals surface area contributed by atoms with E-state index in [4.69, 9.17) is 19.4 Å². The van der Waals surface area contributed by atoms with Crippen LogP contribution in [0.3, 0.4) is 0 Å². The summed E-state index contributed by atoms with van der Waals surface area (Å²) in [5.41, 5.74) is 6.29. The van der Waals surface area contributed by atoms with Crippen LogP contribution in [0.4, 0.5) is 4.79 Å². The molecule has 5 atom stereocenters. The molecular formula is C39H47N7O4. The first-order chi connectivity index (χ1) is 24.4. The molecular weight excluding hydrogens is 630 g/mol. The minimum atomic E-state index is -0.0453.